The first-order chi connectivity index (χ1) is 10.1. The first-order valence-corrected chi connectivity index (χ1v) is 8.26. The van der Waals surface area contributed by atoms with Crippen LogP contribution in [0.1, 0.15) is 12.5 Å². The van der Waals surface area contributed by atoms with Crippen LogP contribution >= 0.6 is 0 Å². The molecule has 0 saturated carbocycles. The van der Waals surface area contributed by atoms with Crippen LogP contribution in [0.5, 0.6) is 0 Å². The van der Waals surface area contributed by atoms with Gasteiger partial charge in [0.05, 0.1) is 11.8 Å². The van der Waals surface area contributed by atoms with Crippen LogP contribution in [0.3, 0.4) is 0 Å². The van der Waals surface area contributed by atoms with Crippen LogP contribution in [0, 0.1) is 0 Å². The molecule has 1 heterocycles. The minimum atomic E-state index is -5.08. The Morgan fingerprint density at radius 2 is 1.86 bits per heavy atom. The fourth-order valence-corrected chi connectivity index (χ4v) is 3.48. The Balaban J connectivity index is 2.41. The van der Waals surface area contributed by atoms with Crippen molar-refractivity contribution in [3.8, 4) is 0 Å². The van der Waals surface area contributed by atoms with Crippen molar-refractivity contribution < 1.29 is 26.4 Å². The number of carbonyl (C=O) groups excluding carboxylic acids is 1. The lowest BCUT2D eigenvalue weighted by Gasteiger charge is -2.28. The number of alkyl halides is 3. The van der Waals surface area contributed by atoms with E-state index in [1.165, 1.54) is 12.1 Å². The number of amides is 1. The van der Waals surface area contributed by atoms with Gasteiger partial charge in [-0.3, -0.25) is 9.69 Å². The number of anilines is 1. The smallest absolute Gasteiger partial charge is 0.297 e. The average Bonchev–Trinajstić information content (AvgIpc) is 2.79. The predicted octanol–water partition coefficient (Wildman–Crippen LogP) is 2.46. The Morgan fingerprint density at radius 1 is 1.27 bits per heavy atom. The molecule has 1 aromatic carbocycles. The Hall–Kier alpha value is -1.83. The highest BCUT2D eigenvalue weighted by atomic mass is 32.2. The van der Waals surface area contributed by atoms with Crippen LogP contribution in [-0.2, 0) is 21.1 Å². The maximum absolute atomic E-state index is 12.8. The van der Waals surface area contributed by atoms with Gasteiger partial charge in [-0.1, -0.05) is 19.1 Å². The molecule has 0 bridgehead atoms. The molecule has 1 atom stereocenters. The van der Waals surface area contributed by atoms with Gasteiger partial charge in [-0.05, 0) is 30.2 Å². The van der Waals surface area contributed by atoms with Crippen LogP contribution in [0.4, 0.5) is 18.9 Å². The van der Waals surface area contributed by atoms with Crippen LogP contribution in [0.15, 0.2) is 35.7 Å². The monoisotopic (exact) mass is 333 g/mol. The van der Waals surface area contributed by atoms with Crippen molar-refractivity contribution in [1.29, 1.82) is 0 Å². The van der Waals surface area contributed by atoms with Gasteiger partial charge in [-0.15, -0.1) is 0 Å². The van der Waals surface area contributed by atoms with Crippen molar-refractivity contribution in [3.63, 3.8) is 0 Å². The van der Waals surface area contributed by atoms with E-state index in [9.17, 15) is 26.4 Å². The van der Waals surface area contributed by atoms with Gasteiger partial charge in [0.2, 0.25) is 0 Å². The highest BCUT2D eigenvalue weighted by molar-refractivity contribution is 7.94. The molecule has 0 N–H and O–H groups in total. The zero-order valence-corrected chi connectivity index (χ0v) is 12.5. The largest absolute Gasteiger partial charge is 0.471 e. The zero-order chi connectivity index (χ0) is 16.5. The third kappa shape index (κ3) is 3.49. The summed E-state index contributed by atoms with van der Waals surface area (Å²) in [6, 6.07) is 4.84. The van der Waals surface area contributed by atoms with E-state index < -0.39 is 33.7 Å². The van der Waals surface area contributed by atoms with Gasteiger partial charge in [-0.25, -0.2) is 8.42 Å². The molecule has 120 valence electrons. The third-order valence-corrected chi connectivity index (χ3v) is 4.70. The van der Waals surface area contributed by atoms with Gasteiger partial charge in [0.1, 0.15) is 0 Å². The molecule has 0 spiro atoms. The minimum absolute atomic E-state index is 0.0197. The summed E-state index contributed by atoms with van der Waals surface area (Å²) >= 11 is 0. The number of carbonyl (C=O) groups is 1. The average molecular weight is 333 g/mol. The maximum Gasteiger partial charge on any atom is 0.471 e. The molecule has 4 nitrogen and oxygen atoms in total. The molecule has 0 aromatic heterocycles. The van der Waals surface area contributed by atoms with Crippen molar-refractivity contribution in [1.82, 2.24) is 0 Å². The van der Waals surface area contributed by atoms with Crippen molar-refractivity contribution in [2.75, 3.05) is 10.7 Å². The summed E-state index contributed by atoms with van der Waals surface area (Å²) in [5, 5.41) is 0.842. The molecule has 0 aliphatic carbocycles. The Labute approximate surface area is 126 Å². The number of aryl methyl sites for hydroxylation is 1. The lowest BCUT2D eigenvalue weighted by molar-refractivity contribution is -0.170. The molecule has 0 unspecified atom stereocenters. The predicted molar refractivity (Wildman–Crippen MR) is 76.1 cm³/mol. The molecule has 1 aliphatic rings. The van der Waals surface area contributed by atoms with E-state index in [1.807, 2.05) is 6.92 Å². The number of sulfone groups is 1. The van der Waals surface area contributed by atoms with Gasteiger partial charge in [0.15, 0.2) is 9.84 Å². The van der Waals surface area contributed by atoms with Crippen LogP contribution in [0.25, 0.3) is 0 Å². The van der Waals surface area contributed by atoms with Crippen molar-refractivity contribution in [3.05, 3.63) is 41.3 Å². The summed E-state index contributed by atoms with van der Waals surface area (Å²) in [6.07, 6.45) is -3.28. The summed E-state index contributed by atoms with van der Waals surface area (Å²) in [5.74, 6) is -2.63. The normalized spacial score (nSPS) is 20.1. The number of rotatable bonds is 3. The van der Waals surface area contributed by atoms with Gasteiger partial charge < -0.3 is 0 Å². The van der Waals surface area contributed by atoms with E-state index >= 15 is 0 Å². The van der Waals surface area contributed by atoms with E-state index in [-0.39, 0.29) is 5.69 Å². The molecule has 1 amide bonds. The highest BCUT2D eigenvalue weighted by Gasteiger charge is 2.46. The van der Waals surface area contributed by atoms with Crippen LogP contribution in [-0.4, -0.2) is 32.3 Å². The molecule has 8 heteroatoms. The number of halogens is 3. The lowest BCUT2D eigenvalue weighted by Crippen LogP contribution is -2.47. The van der Waals surface area contributed by atoms with Gasteiger partial charge in [0.25, 0.3) is 0 Å². The second kappa shape index (κ2) is 5.75. The molecular formula is C14H14F3NO3S. The van der Waals surface area contributed by atoms with Crippen LogP contribution < -0.4 is 4.90 Å². The van der Waals surface area contributed by atoms with E-state index in [2.05, 4.69) is 0 Å². The number of hydrogen-bond donors (Lipinski definition) is 0. The second-order valence-corrected chi connectivity index (χ2v) is 6.85. The Kier molecular flexibility index (Phi) is 4.32. The van der Waals surface area contributed by atoms with Crippen molar-refractivity contribution in [2.45, 2.75) is 25.6 Å². The quantitative estimate of drug-likeness (QED) is 0.854. The fraction of sp³-hybridized carbons (Fsp3) is 0.357. The molecule has 22 heavy (non-hydrogen) atoms. The number of nitrogens with zero attached hydrogens (tertiary/aromatic N) is 1. The third-order valence-electron chi connectivity index (χ3n) is 3.33. The Bertz CT molecular complexity index is 693. The van der Waals surface area contributed by atoms with Crippen LogP contribution in [0.2, 0.25) is 0 Å². The van der Waals surface area contributed by atoms with E-state index in [0.29, 0.717) is 11.3 Å². The lowest BCUT2D eigenvalue weighted by atomic mass is 10.1. The molecule has 0 saturated heterocycles. The zero-order valence-electron chi connectivity index (χ0n) is 11.7. The number of hydrogen-bond acceptors (Lipinski definition) is 3. The first-order valence-electron chi connectivity index (χ1n) is 6.54. The van der Waals surface area contributed by atoms with Gasteiger partial charge >= 0.3 is 12.1 Å². The molecule has 0 radical (unpaired) electrons. The number of benzene rings is 1. The summed E-state index contributed by atoms with van der Waals surface area (Å²) in [7, 11) is -3.58. The van der Waals surface area contributed by atoms with E-state index in [4.69, 9.17) is 0 Å². The molecule has 2 rings (SSSR count). The van der Waals surface area contributed by atoms with Crippen molar-refractivity contribution in [2.24, 2.45) is 0 Å². The molecule has 1 aromatic rings. The summed E-state index contributed by atoms with van der Waals surface area (Å²) in [6.45, 7) is 1.89. The molecule has 1 aliphatic heterocycles. The maximum atomic E-state index is 12.8. The topological polar surface area (TPSA) is 54.5 Å². The van der Waals surface area contributed by atoms with Gasteiger partial charge in [-0.2, -0.15) is 13.2 Å². The fourth-order valence-electron chi connectivity index (χ4n) is 2.21. The minimum Gasteiger partial charge on any atom is -0.297 e. The molecular weight excluding hydrogens is 319 g/mol. The van der Waals surface area contributed by atoms with Gasteiger partial charge in [0, 0.05) is 11.1 Å². The van der Waals surface area contributed by atoms with Crippen molar-refractivity contribution >= 4 is 21.4 Å². The first kappa shape index (κ1) is 16.5. The Morgan fingerprint density at radius 3 is 2.27 bits per heavy atom. The van der Waals surface area contributed by atoms with E-state index in [1.54, 1.807) is 12.1 Å². The summed E-state index contributed by atoms with van der Waals surface area (Å²) in [4.78, 5) is 12.2. The summed E-state index contributed by atoms with van der Waals surface area (Å²) in [5.41, 5.74) is 0.920. The molecule has 0 fully saturated rings. The van der Waals surface area contributed by atoms with E-state index in [0.717, 1.165) is 17.0 Å². The summed E-state index contributed by atoms with van der Waals surface area (Å²) < 4.78 is 61.3. The standard InChI is InChI=1S/C14H14F3NO3S/c1-2-10-3-5-11(6-4-10)18(13(19)14(15,16)17)12-7-8-22(20,21)9-12/h3-8,12H,2,9H2,1H3/t12-/m1/s1. The highest BCUT2D eigenvalue weighted by Crippen LogP contribution is 2.29. The second-order valence-electron chi connectivity index (χ2n) is 4.92. The SMILES string of the molecule is CCc1ccc(N(C(=O)C(F)(F)F)[C@@H]2C=CS(=O)(=O)C2)cc1.